The predicted molar refractivity (Wildman–Crippen MR) is 82.7 cm³/mol. The molecule has 1 aromatic carbocycles. The SMILES string of the molecule is COC(=O)c1c(N)c(C#N)cn1-c1cccc2c1C(=O)N(C)C2=O. The zero-order chi connectivity index (χ0) is 17.6. The Morgan fingerprint density at radius 3 is 2.62 bits per heavy atom. The number of methoxy groups -OCH3 is 1. The highest BCUT2D eigenvalue weighted by Crippen LogP contribution is 2.31. The number of imide groups is 1. The molecule has 0 spiro atoms. The first-order valence-electron chi connectivity index (χ1n) is 6.87. The van der Waals surface area contributed by atoms with Crippen molar-refractivity contribution in [3.63, 3.8) is 0 Å². The number of nitrogens with two attached hydrogens (primary N) is 1. The topological polar surface area (TPSA) is 118 Å². The smallest absolute Gasteiger partial charge is 0.357 e. The highest BCUT2D eigenvalue weighted by atomic mass is 16.5. The number of benzene rings is 1. The van der Waals surface area contributed by atoms with Crippen LogP contribution in [0.1, 0.15) is 36.8 Å². The maximum Gasteiger partial charge on any atom is 0.357 e. The third-order valence-electron chi connectivity index (χ3n) is 3.90. The van der Waals surface area contributed by atoms with E-state index in [1.54, 1.807) is 12.1 Å². The van der Waals surface area contributed by atoms with Gasteiger partial charge in [-0.25, -0.2) is 4.79 Å². The number of nitrogen functional groups attached to an aromatic ring is 1. The molecular formula is C16H12N4O4. The number of carbonyl (C=O) groups is 3. The Labute approximate surface area is 136 Å². The molecule has 0 aliphatic carbocycles. The Kier molecular flexibility index (Phi) is 3.34. The van der Waals surface area contributed by atoms with Crippen LogP contribution in [0.5, 0.6) is 0 Å². The van der Waals surface area contributed by atoms with Gasteiger partial charge in [-0.1, -0.05) is 6.07 Å². The van der Waals surface area contributed by atoms with Crippen LogP contribution in [0.4, 0.5) is 5.69 Å². The number of nitriles is 1. The van der Waals surface area contributed by atoms with E-state index in [0.717, 1.165) is 4.90 Å². The number of amides is 2. The molecule has 8 nitrogen and oxygen atoms in total. The maximum atomic E-state index is 12.4. The van der Waals surface area contributed by atoms with E-state index in [0.29, 0.717) is 0 Å². The van der Waals surface area contributed by atoms with Crippen LogP contribution in [0.2, 0.25) is 0 Å². The lowest BCUT2D eigenvalue weighted by Crippen LogP contribution is -2.24. The molecule has 120 valence electrons. The van der Waals surface area contributed by atoms with Gasteiger partial charge in [0.15, 0.2) is 5.69 Å². The molecule has 0 unspecified atom stereocenters. The van der Waals surface area contributed by atoms with E-state index in [4.69, 9.17) is 15.7 Å². The Morgan fingerprint density at radius 2 is 2.00 bits per heavy atom. The zero-order valence-electron chi connectivity index (χ0n) is 12.9. The fraction of sp³-hybridized carbons (Fsp3) is 0.125. The number of hydrogen-bond acceptors (Lipinski definition) is 6. The van der Waals surface area contributed by atoms with E-state index >= 15 is 0 Å². The van der Waals surface area contributed by atoms with Crippen molar-refractivity contribution in [3.8, 4) is 11.8 Å². The van der Waals surface area contributed by atoms with E-state index in [9.17, 15) is 14.4 Å². The van der Waals surface area contributed by atoms with E-state index < -0.39 is 17.8 Å². The van der Waals surface area contributed by atoms with Gasteiger partial charge in [0.25, 0.3) is 11.8 Å². The third kappa shape index (κ3) is 1.88. The summed E-state index contributed by atoms with van der Waals surface area (Å²) in [6.45, 7) is 0. The monoisotopic (exact) mass is 324 g/mol. The summed E-state index contributed by atoms with van der Waals surface area (Å²) >= 11 is 0. The molecule has 2 N–H and O–H groups in total. The molecule has 1 aliphatic rings. The molecular weight excluding hydrogens is 312 g/mol. The highest BCUT2D eigenvalue weighted by molar-refractivity contribution is 6.22. The summed E-state index contributed by atoms with van der Waals surface area (Å²) in [5.41, 5.74) is 6.46. The number of aromatic nitrogens is 1. The van der Waals surface area contributed by atoms with Crippen molar-refractivity contribution in [2.75, 3.05) is 19.9 Å². The number of nitrogens with zero attached hydrogens (tertiary/aromatic N) is 3. The first kappa shape index (κ1) is 15.3. The van der Waals surface area contributed by atoms with Crippen molar-refractivity contribution in [2.45, 2.75) is 0 Å². The van der Waals surface area contributed by atoms with Crippen LogP contribution in [0.15, 0.2) is 24.4 Å². The average molecular weight is 324 g/mol. The van der Waals surface area contributed by atoms with Crippen LogP contribution < -0.4 is 5.73 Å². The van der Waals surface area contributed by atoms with Crippen molar-refractivity contribution < 1.29 is 19.1 Å². The molecule has 1 aliphatic heterocycles. The maximum absolute atomic E-state index is 12.4. The lowest BCUT2D eigenvalue weighted by atomic mass is 10.1. The van der Waals surface area contributed by atoms with Gasteiger partial charge in [0.05, 0.1) is 35.2 Å². The first-order valence-corrected chi connectivity index (χ1v) is 6.87. The zero-order valence-corrected chi connectivity index (χ0v) is 12.9. The molecule has 2 aromatic rings. The molecule has 2 heterocycles. The summed E-state index contributed by atoms with van der Waals surface area (Å²) in [6.07, 6.45) is 1.34. The molecule has 0 atom stereocenters. The van der Waals surface area contributed by atoms with Gasteiger partial charge in [-0.3, -0.25) is 14.5 Å². The van der Waals surface area contributed by atoms with Gasteiger partial charge in [0, 0.05) is 13.2 Å². The minimum absolute atomic E-state index is 0.0490. The van der Waals surface area contributed by atoms with Crippen molar-refractivity contribution in [3.05, 3.63) is 46.8 Å². The van der Waals surface area contributed by atoms with E-state index in [2.05, 4.69) is 0 Å². The second-order valence-corrected chi connectivity index (χ2v) is 5.15. The van der Waals surface area contributed by atoms with Gasteiger partial charge >= 0.3 is 5.97 Å². The number of hydrogen-bond donors (Lipinski definition) is 1. The van der Waals surface area contributed by atoms with Gasteiger partial charge in [-0.2, -0.15) is 5.26 Å². The van der Waals surface area contributed by atoms with E-state index in [1.807, 2.05) is 6.07 Å². The molecule has 0 bridgehead atoms. The van der Waals surface area contributed by atoms with Gasteiger partial charge in [-0.15, -0.1) is 0 Å². The lowest BCUT2D eigenvalue weighted by molar-refractivity contribution is 0.0591. The van der Waals surface area contributed by atoms with Crippen LogP contribution in [-0.2, 0) is 4.74 Å². The summed E-state index contributed by atoms with van der Waals surface area (Å²) in [7, 11) is 2.56. The normalized spacial score (nSPS) is 13.0. The Morgan fingerprint density at radius 1 is 1.29 bits per heavy atom. The fourth-order valence-electron chi connectivity index (χ4n) is 2.69. The van der Waals surface area contributed by atoms with Crippen LogP contribution in [0.25, 0.3) is 5.69 Å². The molecule has 1 aromatic heterocycles. The van der Waals surface area contributed by atoms with Crippen LogP contribution >= 0.6 is 0 Å². The quantitative estimate of drug-likeness (QED) is 0.649. The van der Waals surface area contributed by atoms with Crippen molar-refractivity contribution in [1.29, 1.82) is 5.26 Å². The second kappa shape index (κ2) is 5.24. The Balaban J connectivity index is 2.34. The average Bonchev–Trinajstić information content (AvgIpc) is 3.04. The summed E-state index contributed by atoms with van der Waals surface area (Å²) in [6, 6.07) is 6.56. The molecule has 0 saturated carbocycles. The highest BCUT2D eigenvalue weighted by Gasteiger charge is 2.36. The van der Waals surface area contributed by atoms with E-state index in [-0.39, 0.29) is 33.8 Å². The van der Waals surface area contributed by atoms with Crippen molar-refractivity contribution in [1.82, 2.24) is 9.47 Å². The molecule has 0 fully saturated rings. The largest absolute Gasteiger partial charge is 0.464 e. The minimum atomic E-state index is -0.753. The van der Waals surface area contributed by atoms with E-state index in [1.165, 1.54) is 31.0 Å². The summed E-state index contributed by atoms with van der Waals surface area (Å²) in [4.78, 5) is 37.6. The Bertz CT molecular complexity index is 952. The van der Waals surface area contributed by atoms with Crippen LogP contribution in [-0.4, -0.2) is 41.4 Å². The fourth-order valence-corrected chi connectivity index (χ4v) is 2.69. The van der Waals surface area contributed by atoms with Gasteiger partial charge < -0.3 is 15.0 Å². The van der Waals surface area contributed by atoms with Gasteiger partial charge in [0.2, 0.25) is 0 Å². The standard InChI is InChI=1S/C16H12N4O4/c1-19-14(21)9-4-3-5-10(11(9)15(19)22)20-7-8(6-17)12(18)13(20)16(23)24-2/h3-5,7H,18H2,1-2H3. The summed E-state index contributed by atoms with van der Waals surface area (Å²) in [5, 5.41) is 9.16. The van der Waals surface area contributed by atoms with Crippen LogP contribution in [0.3, 0.4) is 0 Å². The molecule has 0 radical (unpaired) electrons. The van der Waals surface area contributed by atoms with Crippen molar-refractivity contribution in [2.24, 2.45) is 0 Å². The Hall–Kier alpha value is -3.60. The number of fused-ring (bicyclic) bond motifs is 1. The number of rotatable bonds is 2. The molecule has 3 rings (SSSR count). The second-order valence-electron chi connectivity index (χ2n) is 5.15. The van der Waals surface area contributed by atoms with Gasteiger partial charge in [-0.05, 0) is 12.1 Å². The predicted octanol–water partition coefficient (Wildman–Crippen LogP) is 0.944. The summed E-state index contributed by atoms with van der Waals surface area (Å²) in [5.74, 6) is -1.68. The molecule has 2 amide bonds. The lowest BCUT2D eigenvalue weighted by Gasteiger charge is -2.11. The third-order valence-corrected chi connectivity index (χ3v) is 3.90. The summed E-state index contributed by atoms with van der Waals surface area (Å²) < 4.78 is 6.02. The minimum Gasteiger partial charge on any atom is -0.464 e. The van der Waals surface area contributed by atoms with Crippen molar-refractivity contribution >= 4 is 23.5 Å². The number of carbonyl (C=O) groups excluding carboxylic acids is 3. The first-order chi connectivity index (χ1) is 11.4. The van der Waals surface area contributed by atoms with Crippen LogP contribution in [0, 0.1) is 11.3 Å². The molecule has 8 heteroatoms. The number of ether oxygens (including phenoxy) is 1. The molecule has 0 saturated heterocycles. The number of esters is 1. The van der Waals surface area contributed by atoms with Gasteiger partial charge in [0.1, 0.15) is 6.07 Å². The molecule has 24 heavy (non-hydrogen) atoms. The number of anilines is 1.